The van der Waals surface area contributed by atoms with Crippen molar-refractivity contribution < 1.29 is 14.3 Å². The number of carbonyl (C=O) groups is 2. The van der Waals surface area contributed by atoms with Crippen molar-refractivity contribution in [3.8, 4) is 0 Å². The van der Waals surface area contributed by atoms with E-state index in [-0.39, 0.29) is 17.2 Å². The van der Waals surface area contributed by atoms with Crippen LogP contribution in [0.2, 0.25) is 0 Å². The van der Waals surface area contributed by atoms with Crippen LogP contribution in [0.5, 0.6) is 0 Å². The van der Waals surface area contributed by atoms with Crippen LogP contribution in [0.1, 0.15) is 20.8 Å². The molecule has 0 atom stereocenters. The summed E-state index contributed by atoms with van der Waals surface area (Å²) in [6.07, 6.45) is 1.45. The molecular weight excluding hydrogens is 224 g/mol. The molecular formula is C10H14N4O3. The Kier molecular flexibility index (Phi) is 3.10. The molecule has 2 heterocycles. The molecule has 1 aromatic heterocycles. The smallest absolute Gasteiger partial charge is 0.275 e. The van der Waals surface area contributed by atoms with Crippen LogP contribution in [0.15, 0.2) is 6.20 Å². The van der Waals surface area contributed by atoms with Crippen molar-refractivity contribution in [1.82, 2.24) is 14.7 Å². The molecule has 92 valence electrons. The second-order valence-electron chi connectivity index (χ2n) is 3.83. The third kappa shape index (κ3) is 2.28. The van der Waals surface area contributed by atoms with Crippen LogP contribution in [0.3, 0.4) is 0 Å². The number of amides is 2. The van der Waals surface area contributed by atoms with Gasteiger partial charge in [0.15, 0.2) is 5.69 Å². The average molecular weight is 238 g/mol. The van der Waals surface area contributed by atoms with E-state index in [1.807, 2.05) is 0 Å². The molecule has 0 spiro atoms. The van der Waals surface area contributed by atoms with Crippen LogP contribution >= 0.6 is 0 Å². The fourth-order valence-corrected chi connectivity index (χ4v) is 1.74. The van der Waals surface area contributed by atoms with Crippen LogP contribution in [0.4, 0.5) is 0 Å². The first kappa shape index (κ1) is 11.6. The van der Waals surface area contributed by atoms with Crippen molar-refractivity contribution in [3.63, 3.8) is 0 Å². The van der Waals surface area contributed by atoms with Gasteiger partial charge in [-0.2, -0.15) is 5.10 Å². The minimum Gasteiger partial charge on any atom is -0.378 e. The lowest BCUT2D eigenvalue weighted by molar-refractivity contribution is 0.0297. The fraction of sp³-hybridized carbons (Fsp3) is 0.500. The fourth-order valence-electron chi connectivity index (χ4n) is 1.74. The van der Waals surface area contributed by atoms with Crippen LogP contribution in [-0.4, -0.2) is 52.8 Å². The number of aryl methyl sites for hydroxylation is 1. The number of carbonyl (C=O) groups excluding carboxylic acids is 2. The zero-order valence-corrected chi connectivity index (χ0v) is 9.55. The van der Waals surface area contributed by atoms with E-state index in [1.165, 1.54) is 10.9 Å². The molecule has 0 unspecified atom stereocenters. The Morgan fingerprint density at radius 3 is 2.65 bits per heavy atom. The number of aromatic nitrogens is 2. The molecule has 2 N–H and O–H groups in total. The van der Waals surface area contributed by atoms with Gasteiger partial charge in [-0.1, -0.05) is 0 Å². The van der Waals surface area contributed by atoms with E-state index in [4.69, 9.17) is 10.5 Å². The van der Waals surface area contributed by atoms with Gasteiger partial charge in [-0.3, -0.25) is 14.3 Å². The number of nitrogens with zero attached hydrogens (tertiary/aromatic N) is 3. The van der Waals surface area contributed by atoms with Crippen molar-refractivity contribution in [2.75, 3.05) is 26.3 Å². The second kappa shape index (κ2) is 4.54. The predicted molar refractivity (Wildman–Crippen MR) is 58.4 cm³/mol. The summed E-state index contributed by atoms with van der Waals surface area (Å²) in [7, 11) is 1.64. The molecule has 0 aromatic carbocycles. The zero-order chi connectivity index (χ0) is 12.4. The first-order chi connectivity index (χ1) is 8.09. The SMILES string of the molecule is Cn1cc(C(N)=O)c(C(=O)N2CCOCC2)n1. The van der Waals surface area contributed by atoms with E-state index in [0.717, 1.165) is 0 Å². The number of primary amides is 1. The topological polar surface area (TPSA) is 90.5 Å². The van der Waals surface area contributed by atoms with Crippen molar-refractivity contribution in [2.24, 2.45) is 12.8 Å². The summed E-state index contributed by atoms with van der Waals surface area (Å²) in [5, 5.41) is 3.99. The van der Waals surface area contributed by atoms with Crippen molar-refractivity contribution in [2.45, 2.75) is 0 Å². The molecule has 1 saturated heterocycles. The van der Waals surface area contributed by atoms with Gasteiger partial charge in [0.1, 0.15) is 0 Å². The van der Waals surface area contributed by atoms with Gasteiger partial charge in [0.05, 0.1) is 18.8 Å². The van der Waals surface area contributed by atoms with Gasteiger partial charge in [-0.05, 0) is 0 Å². The third-order valence-electron chi connectivity index (χ3n) is 2.60. The van der Waals surface area contributed by atoms with Crippen LogP contribution in [0, 0.1) is 0 Å². The first-order valence-electron chi connectivity index (χ1n) is 5.30. The van der Waals surface area contributed by atoms with E-state index >= 15 is 0 Å². The van der Waals surface area contributed by atoms with Gasteiger partial charge >= 0.3 is 0 Å². The Labute approximate surface area is 98.1 Å². The molecule has 1 aromatic rings. The summed E-state index contributed by atoms with van der Waals surface area (Å²) in [6.45, 7) is 2.02. The summed E-state index contributed by atoms with van der Waals surface area (Å²) >= 11 is 0. The molecule has 7 nitrogen and oxygen atoms in total. The maximum atomic E-state index is 12.1. The maximum Gasteiger partial charge on any atom is 0.275 e. The van der Waals surface area contributed by atoms with Crippen LogP contribution < -0.4 is 5.73 Å². The largest absolute Gasteiger partial charge is 0.378 e. The number of rotatable bonds is 2. The monoisotopic (exact) mass is 238 g/mol. The molecule has 1 aliphatic rings. The average Bonchev–Trinajstić information content (AvgIpc) is 2.72. The first-order valence-corrected chi connectivity index (χ1v) is 5.30. The van der Waals surface area contributed by atoms with Crippen molar-refractivity contribution in [1.29, 1.82) is 0 Å². The zero-order valence-electron chi connectivity index (χ0n) is 9.55. The quantitative estimate of drug-likeness (QED) is 0.714. The Morgan fingerprint density at radius 2 is 2.06 bits per heavy atom. The molecule has 2 rings (SSSR count). The molecule has 1 fully saturated rings. The number of hydrogen-bond donors (Lipinski definition) is 1. The Bertz CT molecular complexity index is 448. The molecule has 0 bridgehead atoms. The van der Waals surface area contributed by atoms with E-state index < -0.39 is 5.91 Å². The van der Waals surface area contributed by atoms with Gasteiger partial charge in [0.25, 0.3) is 11.8 Å². The summed E-state index contributed by atoms with van der Waals surface area (Å²) in [5.74, 6) is -0.919. The summed E-state index contributed by atoms with van der Waals surface area (Å²) in [6, 6.07) is 0. The number of hydrogen-bond acceptors (Lipinski definition) is 4. The Balaban J connectivity index is 2.26. The second-order valence-corrected chi connectivity index (χ2v) is 3.83. The van der Waals surface area contributed by atoms with Gasteiger partial charge in [-0.25, -0.2) is 0 Å². The summed E-state index contributed by atoms with van der Waals surface area (Å²) in [4.78, 5) is 24.9. The number of ether oxygens (including phenoxy) is 1. The van der Waals surface area contributed by atoms with Gasteiger partial charge in [0, 0.05) is 26.3 Å². The van der Waals surface area contributed by atoms with E-state index in [1.54, 1.807) is 11.9 Å². The molecule has 1 aliphatic heterocycles. The summed E-state index contributed by atoms with van der Waals surface area (Å²) < 4.78 is 6.57. The van der Waals surface area contributed by atoms with Gasteiger partial charge in [0.2, 0.25) is 0 Å². The molecule has 0 aliphatic carbocycles. The van der Waals surface area contributed by atoms with Crippen molar-refractivity contribution in [3.05, 3.63) is 17.5 Å². The molecule has 2 amide bonds. The normalized spacial score (nSPS) is 15.9. The predicted octanol–water partition coefficient (Wildman–Crippen LogP) is -1.01. The van der Waals surface area contributed by atoms with E-state index in [9.17, 15) is 9.59 Å². The van der Waals surface area contributed by atoms with Crippen LogP contribution in [-0.2, 0) is 11.8 Å². The summed E-state index contributed by atoms with van der Waals surface area (Å²) in [5.41, 5.74) is 5.48. The lowest BCUT2D eigenvalue weighted by atomic mass is 10.2. The van der Waals surface area contributed by atoms with Crippen LogP contribution in [0.25, 0.3) is 0 Å². The highest BCUT2D eigenvalue weighted by atomic mass is 16.5. The van der Waals surface area contributed by atoms with E-state index in [2.05, 4.69) is 5.10 Å². The lowest BCUT2D eigenvalue weighted by Gasteiger charge is -2.26. The third-order valence-corrected chi connectivity index (χ3v) is 2.60. The highest BCUT2D eigenvalue weighted by molar-refractivity contribution is 6.05. The number of nitrogens with two attached hydrogens (primary N) is 1. The molecule has 7 heteroatoms. The molecule has 0 saturated carbocycles. The molecule has 0 radical (unpaired) electrons. The maximum absolute atomic E-state index is 12.1. The lowest BCUT2D eigenvalue weighted by Crippen LogP contribution is -2.41. The standard InChI is InChI=1S/C10H14N4O3/c1-13-6-7(9(11)15)8(12-13)10(16)14-2-4-17-5-3-14/h6H,2-5H2,1H3,(H2,11,15). The Morgan fingerprint density at radius 1 is 1.41 bits per heavy atom. The minimum absolute atomic E-state index is 0.113. The van der Waals surface area contributed by atoms with Gasteiger partial charge < -0.3 is 15.4 Å². The highest BCUT2D eigenvalue weighted by Gasteiger charge is 2.25. The highest BCUT2D eigenvalue weighted by Crippen LogP contribution is 2.10. The minimum atomic E-state index is -0.644. The van der Waals surface area contributed by atoms with Crippen molar-refractivity contribution >= 4 is 11.8 Å². The number of morpholine rings is 1. The van der Waals surface area contributed by atoms with Gasteiger partial charge in [-0.15, -0.1) is 0 Å². The Hall–Kier alpha value is -1.89. The van der Waals surface area contributed by atoms with E-state index in [0.29, 0.717) is 26.3 Å². The molecule has 17 heavy (non-hydrogen) atoms.